The molecule has 1 aliphatic heterocycles. The molecule has 3 heteroatoms. The van der Waals surface area contributed by atoms with Gasteiger partial charge < -0.3 is 10.1 Å². The summed E-state index contributed by atoms with van der Waals surface area (Å²) in [7, 11) is 0. The molecule has 1 saturated heterocycles. The number of benzene rings is 1. The van der Waals surface area contributed by atoms with E-state index in [4.69, 9.17) is 16.3 Å². The molecular formula is C13H18ClNO. The van der Waals surface area contributed by atoms with Gasteiger partial charge in [0, 0.05) is 25.1 Å². The van der Waals surface area contributed by atoms with Crippen LogP contribution in [0.3, 0.4) is 0 Å². The summed E-state index contributed by atoms with van der Waals surface area (Å²) in [6.07, 6.45) is 1.16. The van der Waals surface area contributed by atoms with Crippen LogP contribution in [-0.2, 0) is 4.74 Å². The highest BCUT2D eigenvalue weighted by molar-refractivity contribution is 6.18. The summed E-state index contributed by atoms with van der Waals surface area (Å²) in [4.78, 5) is 0. The van der Waals surface area contributed by atoms with E-state index in [1.807, 2.05) is 6.07 Å². The van der Waals surface area contributed by atoms with Gasteiger partial charge in [-0.25, -0.2) is 0 Å². The van der Waals surface area contributed by atoms with Crippen LogP contribution in [-0.4, -0.2) is 25.6 Å². The summed E-state index contributed by atoms with van der Waals surface area (Å²) in [5, 5.41) is 3.52. The van der Waals surface area contributed by atoms with E-state index in [1.165, 1.54) is 5.56 Å². The molecule has 0 saturated carbocycles. The Kier molecular flexibility index (Phi) is 4.64. The highest BCUT2D eigenvalue weighted by Crippen LogP contribution is 2.16. The minimum Gasteiger partial charge on any atom is -0.381 e. The summed E-state index contributed by atoms with van der Waals surface area (Å²) in [5.41, 5.74) is 1.26. The predicted octanol–water partition coefficient (Wildman–Crippen LogP) is 2.59. The van der Waals surface area contributed by atoms with Gasteiger partial charge >= 0.3 is 0 Å². The van der Waals surface area contributed by atoms with Crippen LogP contribution in [0.5, 0.6) is 0 Å². The third kappa shape index (κ3) is 3.21. The van der Waals surface area contributed by atoms with E-state index in [9.17, 15) is 0 Å². The van der Waals surface area contributed by atoms with Gasteiger partial charge in [0.2, 0.25) is 0 Å². The number of halogens is 1. The molecule has 0 bridgehead atoms. The fourth-order valence-electron chi connectivity index (χ4n) is 2.00. The summed E-state index contributed by atoms with van der Waals surface area (Å²) in [6, 6.07) is 10.6. The molecule has 0 aliphatic carbocycles. The Morgan fingerprint density at radius 2 is 2.19 bits per heavy atom. The number of nitrogens with one attached hydrogen (secondary N) is 1. The van der Waals surface area contributed by atoms with E-state index < -0.39 is 0 Å². The maximum atomic E-state index is 5.99. The Balaban J connectivity index is 1.85. The van der Waals surface area contributed by atoms with Gasteiger partial charge in [-0.05, 0) is 17.9 Å². The van der Waals surface area contributed by atoms with Gasteiger partial charge in [0.1, 0.15) is 0 Å². The SMILES string of the molecule is ClCC(NCC1CCOC1)c1ccccc1. The average molecular weight is 240 g/mol. The van der Waals surface area contributed by atoms with Crippen molar-refractivity contribution in [3.8, 4) is 0 Å². The van der Waals surface area contributed by atoms with Crippen molar-refractivity contribution in [2.24, 2.45) is 5.92 Å². The first kappa shape index (κ1) is 11.9. The molecule has 0 aromatic heterocycles. The van der Waals surface area contributed by atoms with Crippen molar-refractivity contribution in [2.45, 2.75) is 12.5 Å². The van der Waals surface area contributed by atoms with E-state index in [0.29, 0.717) is 11.8 Å². The summed E-state index contributed by atoms with van der Waals surface area (Å²) < 4.78 is 5.36. The number of hydrogen-bond acceptors (Lipinski definition) is 2. The minimum absolute atomic E-state index is 0.253. The van der Waals surface area contributed by atoms with Crippen LogP contribution in [0.4, 0.5) is 0 Å². The van der Waals surface area contributed by atoms with Gasteiger partial charge in [0.15, 0.2) is 0 Å². The first-order valence-corrected chi connectivity index (χ1v) is 6.35. The topological polar surface area (TPSA) is 21.3 Å². The second-order valence-corrected chi connectivity index (χ2v) is 4.56. The molecule has 0 radical (unpaired) electrons. The lowest BCUT2D eigenvalue weighted by Crippen LogP contribution is -2.28. The standard InChI is InChI=1S/C13H18ClNO/c14-8-13(12-4-2-1-3-5-12)15-9-11-6-7-16-10-11/h1-5,11,13,15H,6-10H2. The number of rotatable bonds is 5. The predicted molar refractivity (Wildman–Crippen MR) is 66.8 cm³/mol. The molecule has 2 nitrogen and oxygen atoms in total. The summed E-state index contributed by atoms with van der Waals surface area (Å²) >= 11 is 5.99. The van der Waals surface area contributed by atoms with E-state index in [2.05, 4.69) is 29.6 Å². The van der Waals surface area contributed by atoms with Crippen molar-refractivity contribution < 1.29 is 4.74 Å². The number of alkyl halides is 1. The van der Waals surface area contributed by atoms with Crippen molar-refractivity contribution in [3.05, 3.63) is 35.9 Å². The molecule has 1 aromatic carbocycles. The highest BCUT2D eigenvalue weighted by atomic mass is 35.5. The van der Waals surface area contributed by atoms with Gasteiger partial charge in [-0.1, -0.05) is 30.3 Å². The van der Waals surface area contributed by atoms with Gasteiger partial charge in [-0.15, -0.1) is 11.6 Å². The van der Waals surface area contributed by atoms with Crippen LogP contribution in [0.1, 0.15) is 18.0 Å². The molecule has 1 heterocycles. The van der Waals surface area contributed by atoms with Gasteiger partial charge in [-0.3, -0.25) is 0 Å². The Bertz CT molecular complexity index is 298. The van der Waals surface area contributed by atoms with Crippen LogP contribution in [0.25, 0.3) is 0 Å². The van der Waals surface area contributed by atoms with E-state index in [-0.39, 0.29) is 6.04 Å². The third-order valence-electron chi connectivity index (χ3n) is 3.03. The molecule has 0 spiro atoms. The fraction of sp³-hybridized carbons (Fsp3) is 0.538. The number of ether oxygens (including phenoxy) is 1. The van der Waals surface area contributed by atoms with Crippen LogP contribution in [0, 0.1) is 5.92 Å². The molecule has 1 aliphatic rings. The van der Waals surface area contributed by atoms with Crippen LogP contribution in [0.2, 0.25) is 0 Å². The van der Waals surface area contributed by atoms with Crippen molar-refractivity contribution in [2.75, 3.05) is 25.6 Å². The lowest BCUT2D eigenvalue weighted by atomic mass is 10.1. The maximum absolute atomic E-state index is 5.99. The number of hydrogen-bond donors (Lipinski definition) is 1. The van der Waals surface area contributed by atoms with Crippen molar-refractivity contribution in [1.29, 1.82) is 0 Å². The fourth-order valence-corrected chi connectivity index (χ4v) is 2.29. The first-order chi connectivity index (χ1) is 7.90. The van der Waals surface area contributed by atoms with Crippen molar-refractivity contribution in [3.63, 3.8) is 0 Å². The zero-order valence-electron chi connectivity index (χ0n) is 9.36. The molecule has 2 rings (SSSR count). The molecule has 2 unspecified atom stereocenters. The van der Waals surface area contributed by atoms with E-state index in [0.717, 1.165) is 26.2 Å². The largest absolute Gasteiger partial charge is 0.381 e. The Labute approximate surface area is 102 Å². The molecule has 1 fully saturated rings. The zero-order valence-corrected chi connectivity index (χ0v) is 10.1. The molecule has 2 atom stereocenters. The van der Waals surface area contributed by atoms with E-state index >= 15 is 0 Å². The summed E-state index contributed by atoms with van der Waals surface area (Å²) in [6.45, 7) is 2.78. The van der Waals surface area contributed by atoms with Gasteiger partial charge in [-0.2, -0.15) is 0 Å². The molecule has 88 valence electrons. The average Bonchev–Trinajstić information content (AvgIpc) is 2.84. The smallest absolute Gasteiger partial charge is 0.0507 e. The molecule has 16 heavy (non-hydrogen) atoms. The van der Waals surface area contributed by atoms with E-state index in [1.54, 1.807) is 0 Å². The second-order valence-electron chi connectivity index (χ2n) is 4.26. The molecule has 1 N–H and O–H groups in total. The maximum Gasteiger partial charge on any atom is 0.0507 e. The Hall–Kier alpha value is -0.570. The van der Waals surface area contributed by atoms with Crippen LogP contribution >= 0.6 is 11.6 Å². The zero-order chi connectivity index (χ0) is 11.2. The Morgan fingerprint density at radius 3 is 2.81 bits per heavy atom. The monoisotopic (exact) mass is 239 g/mol. The molecular weight excluding hydrogens is 222 g/mol. The summed E-state index contributed by atoms with van der Waals surface area (Å²) in [5.74, 6) is 1.26. The Morgan fingerprint density at radius 1 is 1.38 bits per heavy atom. The molecule has 1 aromatic rings. The van der Waals surface area contributed by atoms with Crippen molar-refractivity contribution in [1.82, 2.24) is 5.32 Å². The first-order valence-electron chi connectivity index (χ1n) is 5.82. The van der Waals surface area contributed by atoms with Gasteiger partial charge in [0.25, 0.3) is 0 Å². The lowest BCUT2D eigenvalue weighted by Gasteiger charge is -2.18. The van der Waals surface area contributed by atoms with Gasteiger partial charge in [0.05, 0.1) is 6.61 Å². The normalized spacial score (nSPS) is 22.2. The third-order valence-corrected chi connectivity index (χ3v) is 3.34. The molecule has 0 amide bonds. The second kappa shape index (κ2) is 6.24. The minimum atomic E-state index is 0.253. The quantitative estimate of drug-likeness (QED) is 0.798. The lowest BCUT2D eigenvalue weighted by molar-refractivity contribution is 0.184. The van der Waals surface area contributed by atoms with Crippen LogP contribution < -0.4 is 5.32 Å². The highest BCUT2D eigenvalue weighted by Gasteiger charge is 2.17. The van der Waals surface area contributed by atoms with Crippen molar-refractivity contribution >= 4 is 11.6 Å². The van der Waals surface area contributed by atoms with Crippen LogP contribution in [0.15, 0.2) is 30.3 Å².